The lowest BCUT2D eigenvalue weighted by atomic mass is 10.1. The highest BCUT2D eigenvalue weighted by Gasteiger charge is 2.33. The number of nitrogens with two attached hydrogens (primary N) is 1. The molecule has 2 rings (SSSR count). The molecule has 0 saturated heterocycles. The molecule has 0 spiro atoms. The van der Waals surface area contributed by atoms with Crippen molar-refractivity contribution in [2.75, 3.05) is 18.5 Å². The summed E-state index contributed by atoms with van der Waals surface area (Å²) in [5, 5.41) is 0. The molecule has 1 aromatic carbocycles. The smallest absolute Gasteiger partial charge is 0.129 e. The number of hydrogen-bond acceptors (Lipinski definition) is 2. The lowest BCUT2D eigenvalue weighted by molar-refractivity contribution is 0.608. The molecule has 16 heavy (non-hydrogen) atoms. The van der Waals surface area contributed by atoms with E-state index in [4.69, 9.17) is 5.73 Å². The van der Waals surface area contributed by atoms with Gasteiger partial charge < -0.3 is 10.6 Å². The molecule has 3 heteroatoms. The first kappa shape index (κ1) is 11.4. The molecule has 0 amide bonds. The van der Waals surface area contributed by atoms with Crippen molar-refractivity contribution in [3.05, 3.63) is 29.6 Å². The van der Waals surface area contributed by atoms with Crippen molar-refractivity contribution in [2.24, 2.45) is 17.6 Å². The van der Waals surface area contributed by atoms with E-state index >= 15 is 0 Å². The van der Waals surface area contributed by atoms with Crippen LogP contribution in [0.4, 0.5) is 10.1 Å². The van der Waals surface area contributed by atoms with E-state index in [0.717, 1.165) is 24.1 Å². The van der Waals surface area contributed by atoms with E-state index in [2.05, 4.69) is 11.8 Å². The van der Waals surface area contributed by atoms with E-state index in [-0.39, 0.29) is 12.4 Å². The zero-order valence-electron chi connectivity index (χ0n) is 9.91. The first-order chi connectivity index (χ1) is 7.63. The van der Waals surface area contributed by atoms with Gasteiger partial charge in [0.05, 0.1) is 0 Å². The Labute approximate surface area is 96.2 Å². The Hall–Kier alpha value is -1.09. The van der Waals surface area contributed by atoms with Crippen LogP contribution in [0, 0.1) is 17.7 Å². The van der Waals surface area contributed by atoms with E-state index in [1.807, 2.05) is 13.1 Å². The molecule has 0 radical (unpaired) electrons. The summed E-state index contributed by atoms with van der Waals surface area (Å²) in [6.07, 6.45) is 1.29. The Bertz CT molecular complexity index is 378. The zero-order valence-corrected chi connectivity index (χ0v) is 9.91. The average molecular weight is 222 g/mol. The van der Waals surface area contributed by atoms with Crippen LogP contribution in [0.25, 0.3) is 0 Å². The summed E-state index contributed by atoms with van der Waals surface area (Å²) >= 11 is 0. The first-order valence-corrected chi connectivity index (χ1v) is 5.82. The normalized spacial score (nSPS) is 23.2. The van der Waals surface area contributed by atoms with Crippen LogP contribution in [0.2, 0.25) is 0 Å². The average Bonchev–Trinajstić information content (AvgIpc) is 2.93. The minimum absolute atomic E-state index is 0.198. The van der Waals surface area contributed by atoms with Gasteiger partial charge in [-0.2, -0.15) is 0 Å². The van der Waals surface area contributed by atoms with Crippen molar-refractivity contribution in [1.82, 2.24) is 0 Å². The summed E-state index contributed by atoms with van der Waals surface area (Å²) in [5.41, 5.74) is 7.15. The molecule has 0 aliphatic heterocycles. The third kappa shape index (κ3) is 2.19. The lowest BCUT2D eigenvalue weighted by Crippen LogP contribution is -2.23. The molecule has 1 aliphatic carbocycles. The third-order valence-corrected chi connectivity index (χ3v) is 3.49. The second-order valence-electron chi connectivity index (χ2n) is 4.80. The fourth-order valence-corrected chi connectivity index (χ4v) is 2.21. The Morgan fingerprint density at radius 2 is 2.19 bits per heavy atom. The minimum atomic E-state index is -0.198. The third-order valence-electron chi connectivity index (χ3n) is 3.49. The maximum absolute atomic E-state index is 13.5. The molecule has 1 fully saturated rings. The second-order valence-corrected chi connectivity index (χ2v) is 4.80. The van der Waals surface area contributed by atoms with Gasteiger partial charge in [-0.25, -0.2) is 4.39 Å². The zero-order chi connectivity index (χ0) is 11.7. The predicted molar refractivity (Wildman–Crippen MR) is 64.8 cm³/mol. The van der Waals surface area contributed by atoms with E-state index in [9.17, 15) is 4.39 Å². The van der Waals surface area contributed by atoms with Gasteiger partial charge in [-0.3, -0.25) is 0 Å². The molecule has 1 aromatic rings. The molecule has 2 unspecified atom stereocenters. The number of anilines is 1. The maximum atomic E-state index is 13.5. The number of benzene rings is 1. The first-order valence-electron chi connectivity index (χ1n) is 5.82. The molecule has 0 bridgehead atoms. The van der Waals surface area contributed by atoms with Gasteiger partial charge in [0, 0.05) is 31.4 Å². The molecule has 2 N–H and O–H groups in total. The Kier molecular flexibility index (Phi) is 3.15. The topological polar surface area (TPSA) is 29.3 Å². The predicted octanol–water partition coefficient (Wildman–Crippen LogP) is 2.38. The minimum Gasteiger partial charge on any atom is -0.374 e. The summed E-state index contributed by atoms with van der Waals surface area (Å²) < 4.78 is 13.5. The van der Waals surface area contributed by atoms with Gasteiger partial charge in [-0.05, 0) is 30.4 Å². The van der Waals surface area contributed by atoms with Crippen molar-refractivity contribution in [2.45, 2.75) is 19.9 Å². The molecule has 1 aliphatic rings. The summed E-state index contributed by atoms with van der Waals surface area (Å²) in [6.45, 7) is 3.51. The van der Waals surface area contributed by atoms with E-state index < -0.39 is 0 Å². The van der Waals surface area contributed by atoms with E-state index in [1.165, 1.54) is 12.5 Å². The fourth-order valence-electron chi connectivity index (χ4n) is 2.21. The Morgan fingerprint density at radius 3 is 2.75 bits per heavy atom. The largest absolute Gasteiger partial charge is 0.374 e. The molecular weight excluding hydrogens is 203 g/mol. The van der Waals surface area contributed by atoms with E-state index in [0.29, 0.717) is 5.56 Å². The van der Waals surface area contributed by atoms with E-state index in [1.54, 1.807) is 6.07 Å². The van der Waals surface area contributed by atoms with Gasteiger partial charge in [-0.1, -0.05) is 13.0 Å². The SMILES string of the molecule is CC1CC1CN(C)c1cccc(F)c1CN. The van der Waals surface area contributed by atoms with Gasteiger partial charge in [0.1, 0.15) is 5.82 Å². The summed E-state index contributed by atoms with van der Waals surface area (Å²) in [6, 6.07) is 5.16. The van der Waals surface area contributed by atoms with Crippen LogP contribution in [-0.4, -0.2) is 13.6 Å². The lowest BCUT2D eigenvalue weighted by Gasteiger charge is -2.22. The van der Waals surface area contributed by atoms with Crippen LogP contribution in [0.3, 0.4) is 0 Å². The monoisotopic (exact) mass is 222 g/mol. The fraction of sp³-hybridized carbons (Fsp3) is 0.538. The van der Waals surface area contributed by atoms with Crippen molar-refractivity contribution in [3.63, 3.8) is 0 Å². The van der Waals surface area contributed by atoms with Crippen LogP contribution < -0.4 is 10.6 Å². The van der Waals surface area contributed by atoms with Crippen LogP contribution in [0.5, 0.6) is 0 Å². The molecule has 2 nitrogen and oxygen atoms in total. The number of rotatable bonds is 4. The molecular formula is C13H19FN2. The molecule has 88 valence electrons. The number of hydrogen-bond donors (Lipinski definition) is 1. The maximum Gasteiger partial charge on any atom is 0.129 e. The van der Waals surface area contributed by atoms with Crippen molar-refractivity contribution < 1.29 is 4.39 Å². The second kappa shape index (κ2) is 4.42. The summed E-state index contributed by atoms with van der Waals surface area (Å²) in [4.78, 5) is 2.12. The van der Waals surface area contributed by atoms with Crippen molar-refractivity contribution in [1.29, 1.82) is 0 Å². The van der Waals surface area contributed by atoms with Crippen molar-refractivity contribution in [3.8, 4) is 0 Å². The van der Waals surface area contributed by atoms with Gasteiger partial charge in [0.15, 0.2) is 0 Å². The van der Waals surface area contributed by atoms with Gasteiger partial charge in [0.25, 0.3) is 0 Å². The highest BCUT2D eigenvalue weighted by atomic mass is 19.1. The quantitative estimate of drug-likeness (QED) is 0.847. The molecule has 0 heterocycles. The van der Waals surface area contributed by atoms with Crippen LogP contribution in [0.1, 0.15) is 18.9 Å². The highest BCUT2D eigenvalue weighted by Crippen LogP contribution is 2.39. The number of nitrogens with zero attached hydrogens (tertiary/aromatic N) is 1. The van der Waals surface area contributed by atoms with Crippen LogP contribution >= 0.6 is 0 Å². The number of halogens is 1. The highest BCUT2D eigenvalue weighted by molar-refractivity contribution is 5.53. The standard InChI is InChI=1S/C13H19FN2/c1-9-6-10(9)8-16(2)13-5-3-4-12(14)11(13)7-15/h3-5,9-10H,6-8,15H2,1-2H3. The van der Waals surface area contributed by atoms with Crippen molar-refractivity contribution >= 4 is 5.69 Å². The summed E-state index contributed by atoms with van der Waals surface area (Å²) in [7, 11) is 2.01. The van der Waals surface area contributed by atoms with Gasteiger partial charge in [-0.15, -0.1) is 0 Å². The molecule has 1 saturated carbocycles. The summed E-state index contributed by atoms with van der Waals surface area (Å²) in [5.74, 6) is 1.38. The Morgan fingerprint density at radius 1 is 1.50 bits per heavy atom. The van der Waals surface area contributed by atoms with Crippen LogP contribution in [-0.2, 0) is 6.54 Å². The molecule has 2 atom stereocenters. The van der Waals surface area contributed by atoms with Gasteiger partial charge >= 0.3 is 0 Å². The van der Waals surface area contributed by atoms with Crippen LogP contribution in [0.15, 0.2) is 18.2 Å². The Balaban J connectivity index is 2.15. The molecule has 0 aromatic heterocycles. The van der Waals surface area contributed by atoms with Gasteiger partial charge in [0.2, 0.25) is 0 Å².